The number of aromatic nitrogens is 5. The van der Waals surface area contributed by atoms with E-state index >= 15 is 0 Å². The molecule has 1 N–H and O–H groups in total. The fourth-order valence-electron chi connectivity index (χ4n) is 4.89. The summed E-state index contributed by atoms with van der Waals surface area (Å²) in [4.78, 5) is 50.2. The van der Waals surface area contributed by atoms with E-state index in [1.165, 1.54) is 11.1 Å². The average molecular weight is 528 g/mol. The number of aromatic amines is 1. The molecule has 1 aliphatic rings. The minimum atomic E-state index is -0.699. The van der Waals surface area contributed by atoms with Gasteiger partial charge in [-0.1, -0.05) is 47.1 Å². The second-order valence-electron chi connectivity index (χ2n) is 9.17. The summed E-state index contributed by atoms with van der Waals surface area (Å²) in [5, 5.41) is 8.57. The highest BCUT2D eigenvalue weighted by atomic mass is 35.5. The van der Waals surface area contributed by atoms with Gasteiger partial charge in [0.25, 0.3) is 17.6 Å². The highest BCUT2D eigenvalue weighted by Crippen LogP contribution is 2.28. The van der Waals surface area contributed by atoms with Crippen LogP contribution < -0.4 is 0 Å². The van der Waals surface area contributed by atoms with Crippen LogP contribution in [0, 0.1) is 0 Å². The number of fused-ring (bicyclic) bond motifs is 2. The normalized spacial score (nSPS) is 15.8. The molecule has 38 heavy (non-hydrogen) atoms. The predicted molar refractivity (Wildman–Crippen MR) is 141 cm³/mol. The predicted octanol–water partition coefficient (Wildman–Crippen LogP) is 3.51. The van der Waals surface area contributed by atoms with Crippen LogP contribution in [0.5, 0.6) is 0 Å². The molecule has 0 unspecified atom stereocenters. The van der Waals surface area contributed by atoms with Crippen molar-refractivity contribution in [1.29, 1.82) is 0 Å². The number of hydrogen-bond donors (Lipinski definition) is 1. The van der Waals surface area contributed by atoms with Gasteiger partial charge in [0, 0.05) is 43.5 Å². The van der Waals surface area contributed by atoms with Gasteiger partial charge in [-0.2, -0.15) is 0 Å². The van der Waals surface area contributed by atoms with Crippen LogP contribution >= 0.6 is 11.6 Å². The van der Waals surface area contributed by atoms with E-state index in [0.29, 0.717) is 28.8 Å². The summed E-state index contributed by atoms with van der Waals surface area (Å²) in [5.74, 6) is -1.45. The van der Waals surface area contributed by atoms with Gasteiger partial charge < -0.3 is 14.8 Å². The lowest BCUT2D eigenvalue weighted by atomic mass is 10.1. The van der Waals surface area contributed by atoms with Crippen LogP contribution in [0.3, 0.4) is 0 Å². The van der Waals surface area contributed by atoms with Crippen molar-refractivity contribution in [2.45, 2.75) is 13.0 Å². The Labute approximate surface area is 221 Å². The van der Waals surface area contributed by atoms with Gasteiger partial charge in [-0.25, -0.2) is 9.67 Å². The molecule has 1 saturated heterocycles. The number of benzene rings is 2. The van der Waals surface area contributed by atoms with Gasteiger partial charge in [-0.15, -0.1) is 5.10 Å². The van der Waals surface area contributed by atoms with Crippen molar-refractivity contribution in [3.63, 3.8) is 0 Å². The van der Waals surface area contributed by atoms with E-state index in [2.05, 4.69) is 20.3 Å². The number of nitrogens with one attached hydrogen (secondary N) is 1. The molecule has 190 valence electrons. The molecule has 0 aliphatic carbocycles. The Morgan fingerprint density at radius 2 is 1.79 bits per heavy atom. The number of rotatable bonds is 4. The van der Waals surface area contributed by atoms with Crippen molar-refractivity contribution in [1.82, 2.24) is 34.8 Å². The summed E-state index contributed by atoms with van der Waals surface area (Å²) in [6, 6.07) is 17.8. The summed E-state index contributed by atoms with van der Waals surface area (Å²) in [5.41, 5.74) is 3.50. The van der Waals surface area contributed by atoms with E-state index in [1.807, 2.05) is 49.4 Å². The van der Waals surface area contributed by atoms with Crippen LogP contribution in [-0.2, 0) is 4.79 Å². The van der Waals surface area contributed by atoms with Gasteiger partial charge in [0.05, 0.1) is 22.3 Å². The molecule has 4 heterocycles. The lowest BCUT2D eigenvalue weighted by molar-refractivity contribution is -0.128. The number of carbonyl (C=O) groups excluding carboxylic acids is 3. The van der Waals surface area contributed by atoms with Crippen molar-refractivity contribution in [3.8, 4) is 5.69 Å². The minimum absolute atomic E-state index is 0.0971. The zero-order chi connectivity index (χ0) is 26.4. The Bertz CT molecular complexity index is 1710. The Morgan fingerprint density at radius 1 is 1.03 bits per heavy atom. The third-order valence-corrected chi connectivity index (χ3v) is 6.99. The molecule has 3 aromatic heterocycles. The maximum atomic E-state index is 13.4. The zero-order valence-electron chi connectivity index (χ0n) is 20.3. The van der Waals surface area contributed by atoms with Gasteiger partial charge in [-0.05, 0) is 31.2 Å². The number of piperazine rings is 1. The van der Waals surface area contributed by atoms with Crippen LogP contribution in [0.1, 0.15) is 27.6 Å². The van der Waals surface area contributed by atoms with Gasteiger partial charge in [0.15, 0.2) is 0 Å². The number of H-pyrrole nitrogens is 1. The molecule has 1 atom stereocenters. The first-order valence-electron chi connectivity index (χ1n) is 12.1. The molecule has 2 aromatic carbocycles. The maximum Gasteiger partial charge on any atom is 0.295 e. The number of Topliss-reactive ketones (excluding diaryl/α,β-unsaturated/α-hetero) is 1. The fourth-order valence-corrected chi connectivity index (χ4v) is 5.08. The van der Waals surface area contributed by atoms with E-state index in [1.54, 1.807) is 27.8 Å². The van der Waals surface area contributed by atoms with Gasteiger partial charge in [-0.3, -0.25) is 14.4 Å². The molecule has 6 rings (SSSR count). The molecule has 0 bridgehead atoms. The van der Waals surface area contributed by atoms with Crippen molar-refractivity contribution < 1.29 is 14.4 Å². The van der Waals surface area contributed by atoms with E-state index in [0.717, 1.165) is 5.52 Å². The minimum Gasteiger partial charge on any atom is -0.357 e. The van der Waals surface area contributed by atoms with Crippen molar-refractivity contribution in [3.05, 3.63) is 83.1 Å². The third-order valence-electron chi connectivity index (χ3n) is 6.80. The Balaban J connectivity index is 1.26. The van der Waals surface area contributed by atoms with Crippen molar-refractivity contribution in [2.24, 2.45) is 0 Å². The molecule has 10 nitrogen and oxygen atoms in total. The number of halogens is 1. The van der Waals surface area contributed by atoms with Gasteiger partial charge in [0.2, 0.25) is 0 Å². The van der Waals surface area contributed by atoms with Gasteiger partial charge >= 0.3 is 0 Å². The topological polar surface area (TPSA) is 117 Å². The lowest BCUT2D eigenvalue weighted by Crippen LogP contribution is -2.56. The summed E-state index contributed by atoms with van der Waals surface area (Å²) in [6.45, 7) is 2.69. The number of para-hydroxylation sites is 1. The highest BCUT2D eigenvalue weighted by Gasteiger charge is 2.34. The van der Waals surface area contributed by atoms with Crippen LogP contribution in [0.2, 0.25) is 5.15 Å². The van der Waals surface area contributed by atoms with Crippen LogP contribution in [0.25, 0.3) is 27.8 Å². The van der Waals surface area contributed by atoms with E-state index in [-0.39, 0.29) is 41.3 Å². The molecular formula is C27H22ClN7O3. The number of hydrogen-bond acceptors (Lipinski definition) is 6. The first-order valence-corrected chi connectivity index (χ1v) is 12.5. The quantitative estimate of drug-likeness (QED) is 0.217. The third kappa shape index (κ3) is 3.99. The summed E-state index contributed by atoms with van der Waals surface area (Å²) < 4.78 is 1.61. The van der Waals surface area contributed by atoms with Crippen LogP contribution in [0.15, 0.2) is 66.9 Å². The van der Waals surface area contributed by atoms with Crippen molar-refractivity contribution in [2.75, 3.05) is 19.6 Å². The summed E-state index contributed by atoms with van der Waals surface area (Å²) >= 11 is 6.34. The molecule has 1 aliphatic heterocycles. The molecule has 11 heteroatoms. The average Bonchev–Trinajstić information content (AvgIpc) is 3.56. The number of amides is 2. The second kappa shape index (κ2) is 9.38. The van der Waals surface area contributed by atoms with E-state index < -0.39 is 11.7 Å². The molecule has 2 amide bonds. The summed E-state index contributed by atoms with van der Waals surface area (Å²) in [6.07, 6.45) is 1.47. The first kappa shape index (κ1) is 23.8. The number of ketones is 1. The Hall–Kier alpha value is -4.57. The molecular weight excluding hydrogens is 506 g/mol. The summed E-state index contributed by atoms with van der Waals surface area (Å²) in [7, 11) is 0. The Morgan fingerprint density at radius 3 is 2.58 bits per heavy atom. The molecule has 1 fully saturated rings. The first-order chi connectivity index (χ1) is 18.4. The van der Waals surface area contributed by atoms with E-state index in [9.17, 15) is 14.4 Å². The van der Waals surface area contributed by atoms with Crippen LogP contribution in [0.4, 0.5) is 0 Å². The monoisotopic (exact) mass is 527 g/mol. The Kier molecular flexibility index (Phi) is 5.88. The molecule has 0 spiro atoms. The van der Waals surface area contributed by atoms with Crippen LogP contribution in [-0.4, -0.2) is 78.0 Å². The largest absolute Gasteiger partial charge is 0.357 e. The van der Waals surface area contributed by atoms with Gasteiger partial charge in [0.1, 0.15) is 16.2 Å². The standard InChI is InChI=1S/C27H22ClN7O3/c1-16-15-33(11-12-34(16)26(37)17-7-3-2-4-8-17)27(38)25(36)18-14-29-24-21(13-22(28)30-23(18)24)35-20-10-6-5-9-19(20)31-32-35/h2-10,13-14,16,29H,11-12,15H2,1H3/t16-/m1/s1. The number of pyridine rings is 1. The smallest absolute Gasteiger partial charge is 0.295 e. The zero-order valence-corrected chi connectivity index (χ0v) is 21.1. The van der Waals surface area contributed by atoms with E-state index in [4.69, 9.17) is 11.6 Å². The fraction of sp³-hybridized carbons (Fsp3) is 0.185. The SMILES string of the molecule is C[C@@H]1CN(C(=O)C(=O)c2c[nH]c3c(-n4nnc5ccccc54)cc(Cl)nc23)CCN1C(=O)c1ccccc1. The highest BCUT2D eigenvalue weighted by molar-refractivity contribution is 6.45. The van der Waals surface area contributed by atoms with Crippen molar-refractivity contribution >= 4 is 51.3 Å². The molecule has 0 radical (unpaired) electrons. The molecule has 5 aromatic rings. The number of carbonyl (C=O) groups is 3. The second-order valence-corrected chi connectivity index (χ2v) is 9.56. The lowest BCUT2D eigenvalue weighted by Gasteiger charge is -2.39. The molecule has 0 saturated carbocycles. The maximum absolute atomic E-state index is 13.4. The number of nitrogens with zero attached hydrogens (tertiary/aromatic N) is 6.